The Morgan fingerprint density at radius 2 is 2.10 bits per heavy atom. The van der Waals surface area contributed by atoms with Crippen molar-refractivity contribution in [2.24, 2.45) is 0 Å². The predicted octanol–water partition coefficient (Wildman–Crippen LogP) is 1.32. The zero-order chi connectivity index (χ0) is 14.7. The lowest BCUT2D eigenvalue weighted by atomic mass is 9.78. The highest BCUT2D eigenvalue weighted by molar-refractivity contribution is 5.81. The molecule has 0 amide bonds. The van der Waals surface area contributed by atoms with Crippen LogP contribution in [0.2, 0.25) is 0 Å². The van der Waals surface area contributed by atoms with E-state index in [1.54, 1.807) is 0 Å². The van der Waals surface area contributed by atoms with Crippen LogP contribution in [0.1, 0.15) is 44.9 Å². The quantitative estimate of drug-likeness (QED) is 0.793. The highest BCUT2D eigenvalue weighted by Gasteiger charge is 2.47. The van der Waals surface area contributed by atoms with Gasteiger partial charge in [0.25, 0.3) is 0 Å². The Bertz CT molecular complexity index is 365. The van der Waals surface area contributed by atoms with Crippen LogP contribution < -0.4 is 5.32 Å². The molecule has 120 valence electrons. The first-order valence-electron chi connectivity index (χ1n) is 8.41. The molecule has 0 bridgehead atoms. The van der Waals surface area contributed by atoms with Crippen molar-refractivity contribution in [2.75, 3.05) is 33.4 Å². The number of carbonyl (C=O) groups is 1. The number of nitrogens with one attached hydrogen (secondary N) is 1. The fourth-order valence-electron chi connectivity index (χ4n) is 3.88. The Labute approximate surface area is 127 Å². The molecule has 1 saturated heterocycles. The minimum absolute atomic E-state index is 0.0647. The summed E-state index contributed by atoms with van der Waals surface area (Å²) in [5, 5.41) is 3.61. The number of nitrogens with zero attached hydrogens (tertiary/aromatic N) is 1. The summed E-state index contributed by atoms with van der Waals surface area (Å²) in [6.07, 6.45) is 7.56. The summed E-state index contributed by atoms with van der Waals surface area (Å²) in [6, 6.07) is 1.00. The lowest BCUT2D eigenvalue weighted by molar-refractivity contribution is -0.151. The molecular weight excluding hydrogens is 268 g/mol. The summed E-state index contributed by atoms with van der Waals surface area (Å²) in [7, 11) is 1.52. The molecule has 2 aliphatic carbocycles. The third-order valence-corrected chi connectivity index (χ3v) is 5.13. The van der Waals surface area contributed by atoms with E-state index in [4.69, 9.17) is 9.47 Å². The van der Waals surface area contributed by atoms with Gasteiger partial charge in [-0.3, -0.25) is 15.0 Å². The third-order valence-electron chi connectivity index (χ3n) is 5.13. The fourth-order valence-corrected chi connectivity index (χ4v) is 3.88. The van der Waals surface area contributed by atoms with Crippen LogP contribution in [0.15, 0.2) is 0 Å². The van der Waals surface area contributed by atoms with Gasteiger partial charge in [-0.05, 0) is 44.9 Å². The molecule has 3 aliphatic rings. The Morgan fingerprint density at radius 3 is 2.86 bits per heavy atom. The SMILES string of the molecule is COC(=O)C1(NC2CC2)CCCC(N2CCCOCC2)C1. The standard InChI is InChI=1S/C16H28N2O3/c1-20-15(19)16(17-13-5-6-13)7-2-4-14(12-16)18-8-3-10-21-11-9-18/h13-14,17H,2-12H2,1H3. The van der Waals surface area contributed by atoms with Crippen molar-refractivity contribution in [3.05, 3.63) is 0 Å². The zero-order valence-electron chi connectivity index (χ0n) is 13.1. The van der Waals surface area contributed by atoms with E-state index < -0.39 is 5.54 Å². The van der Waals surface area contributed by atoms with Crippen LogP contribution in [0.25, 0.3) is 0 Å². The van der Waals surface area contributed by atoms with Crippen LogP contribution in [-0.4, -0.2) is 61.9 Å². The largest absolute Gasteiger partial charge is 0.468 e. The maximum absolute atomic E-state index is 12.4. The monoisotopic (exact) mass is 296 g/mol. The molecular formula is C16H28N2O3. The first-order chi connectivity index (χ1) is 10.2. The summed E-state index contributed by atoms with van der Waals surface area (Å²) < 4.78 is 10.7. The third kappa shape index (κ3) is 3.58. The van der Waals surface area contributed by atoms with Gasteiger partial charge in [-0.1, -0.05) is 0 Å². The Morgan fingerprint density at radius 1 is 1.24 bits per heavy atom. The van der Waals surface area contributed by atoms with Crippen molar-refractivity contribution in [1.82, 2.24) is 10.2 Å². The van der Waals surface area contributed by atoms with Gasteiger partial charge in [0.1, 0.15) is 5.54 Å². The van der Waals surface area contributed by atoms with Gasteiger partial charge in [0.2, 0.25) is 0 Å². The zero-order valence-corrected chi connectivity index (χ0v) is 13.1. The molecule has 2 saturated carbocycles. The maximum Gasteiger partial charge on any atom is 0.326 e. The lowest BCUT2D eigenvalue weighted by Gasteiger charge is -2.43. The Balaban J connectivity index is 1.69. The van der Waals surface area contributed by atoms with Gasteiger partial charge in [0.05, 0.1) is 13.7 Å². The van der Waals surface area contributed by atoms with Crippen molar-refractivity contribution >= 4 is 5.97 Å². The number of esters is 1. The number of rotatable bonds is 4. The first-order valence-corrected chi connectivity index (χ1v) is 8.41. The van der Waals surface area contributed by atoms with E-state index in [0.717, 1.165) is 52.0 Å². The summed E-state index contributed by atoms with van der Waals surface area (Å²) in [5.74, 6) is -0.0647. The van der Waals surface area contributed by atoms with Crippen molar-refractivity contribution in [2.45, 2.75) is 62.6 Å². The second-order valence-electron chi connectivity index (χ2n) is 6.74. The van der Waals surface area contributed by atoms with Crippen LogP contribution in [0.4, 0.5) is 0 Å². The molecule has 0 aromatic rings. The topological polar surface area (TPSA) is 50.8 Å². The van der Waals surface area contributed by atoms with Gasteiger partial charge in [-0.25, -0.2) is 0 Å². The van der Waals surface area contributed by atoms with Crippen molar-refractivity contribution in [1.29, 1.82) is 0 Å². The molecule has 3 fully saturated rings. The molecule has 0 radical (unpaired) electrons. The van der Waals surface area contributed by atoms with Gasteiger partial charge >= 0.3 is 5.97 Å². The fraction of sp³-hybridized carbons (Fsp3) is 0.938. The van der Waals surface area contributed by atoms with Crippen LogP contribution >= 0.6 is 0 Å². The van der Waals surface area contributed by atoms with Crippen molar-refractivity contribution < 1.29 is 14.3 Å². The number of hydrogen-bond donors (Lipinski definition) is 1. The van der Waals surface area contributed by atoms with E-state index in [9.17, 15) is 4.79 Å². The molecule has 1 heterocycles. The highest BCUT2D eigenvalue weighted by atomic mass is 16.5. The summed E-state index contributed by atoms with van der Waals surface area (Å²) in [4.78, 5) is 14.9. The van der Waals surface area contributed by atoms with Gasteiger partial charge in [0, 0.05) is 31.8 Å². The van der Waals surface area contributed by atoms with E-state index in [-0.39, 0.29) is 5.97 Å². The van der Waals surface area contributed by atoms with Crippen LogP contribution in [0.3, 0.4) is 0 Å². The predicted molar refractivity (Wildman–Crippen MR) is 80.2 cm³/mol. The molecule has 21 heavy (non-hydrogen) atoms. The molecule has 0 spiro atoms. The van der Waals surface area contributed by atoms with Gasteiger partial charge in [-0.15, -0.1) is 0 Å². The second kappa shape index (κ2) is 6.63. The first kappa shape index (κ1) is 15.3. The minimum Gasteiger partial charge on any atom is -0.468 e. The van der Waals surface area contributed by atoms with E-state index in [1.807, 2.05) is 0 Å². The molecule has 2 atom stereocenters. The smallest absolute Gasteiger partial charge is 0.326 e. The average Bonchev–Trinajstić information content (AvgIpc) is 3.33. The number of methoxy groups -OCH3 is 1. The van der Waals surface area contributed by atoms with Crippen LogP contribution in [-0.2, 0) is 14.3 Å². The Kier molecular flexibility index (Phi) is 4.82. The maximum atomic E-state index is 12.4. The number of carbonyl (C=O) groups excluding carboxylic acids is 1. The normalized spacial score (nSPS) is 35.2. The summed E-state index contributed by atoms with van der Waals surface area (Å²) in [5.41, 5.74) is -0.452. The number of ether oxygens (including phenoxy) is 2. The lowest BCUT2D eigenvalue weighted by Crippen LogP contribution is -2.59. The van der Waals surface area contributed by atoms with Crippen LogP contribution in [0.5, 0.6) is 0 Å². The van der Waals surface area contributed by atoms with E-state index in [2.05, 4.69) is 10.2 Å². The van der Waals surface area contributed by atoms with Crippen molar-refractivity contribution in [3.63, 3.8) is 0 Å². The van der Waals surface area contributed by atoms with Gasteiger partial charge in [0.15, 0.2) is 0 Å². The van der Waals surface area contributed by atoms with E-state index >= 15 is 0 Å². The van der Waals surface area contributed by atoms with E-state index in [1.165, 1.54) is 26.4 Å². The van der Waals surface area contributed by atoms with Crippen LogP contribution in [0, 0.1) is 0 Å². The van der Waals surface area contributed by atoms with Gasteiger partial charge < -0.3 is 9.47 Å². The Hall–Kier alpha value is -0.650. The molecule has 1 aliphatic heterocycles. The molecule has 3 rings (SSSR count). The summed E-state index contributed by atoms with van der Waals surface area (Å²) in [6.45, 7) is 3.76. The van der Waals surface area contributed by atoms with E-state index in [0.29, 0.717) is 12.1 Å². The highest BCUT2D eigenvalue weighted by Crippen LogP contribution is 2.35. The average molecular weight is 296 g/mol. The second-order valence-corrected chi connectivity index (χ2v) is 6.74. The molecule has 2 unspecified atom stereocenters. The summed E-state index contributed by atoms with van der Waals surface area (Å²) >= 11 is 0. The molecule has 0 aromatic carbocycles. The molecule has 5 heteroatoms. The minimum atomic E-state index is -0.452. The molecule has 1 N–H and O–H groups in total. The van der Waals surface area contributed by atoms with Gasteiger partial charge in [-0.2, -0.15) is 0 Å². The molecule has 0 aromatic heterocycles. The molecule has 5 nitrogen and oxygen atoms in total. The number of hydrogen-bond acceptors (Lipinski definition) is 5. The van der Waals surface area contributed by atoms with Crippen molar-refractivity contribution in [3.8, 4) is 0 Å².